The van der Waals surface area contributed by atoms with Crippen molar-refractivity contribution in [2.24, 2.45) is 11.3 Å². The molecule has 0 unspecified atom stereocenters. The molecule has 1 saturated carbocycles. The zero-order valence-corrected chi connectivity index (χ0v) is 22.0. The SMILES string of the molecule is COc1ccc(C(=O)NC[C@]2(C)CCC[C@]3(C)c4cc(OC(C)=O)c(C(C)C)cc4CC[C@@H]23)cc1. The molecular formula is C30H39NO4. The van der Waals surface area contributed by atoms with Gasteiger partial charge < -0.3 is 14.8 Å². The first-order valence-corrected chi connectivity index (χ1v) is 12.9. The number of ether oxygens (including phenoxy) is 2. The van der Waals surface area contributed by atoms with Gasteiger partial charge in [-0.15, -0.1) is 0 Å². The second-order valence-electron chi connectivity index (χ2n) is 11.2. The fourth-order valence-electron chi connectivity index (χ4n) is 6.68. The number of aryl methyl sites for hydroxylation is 1. The highest BCUT2D eigenvalue weighted by atomic mass is 16.5. The molecule has 0 bridgehead atoms. The molecule has 1 N–H and O–H groups in total. The van der Waals surface area contributed by atoms with Gasteiger partial charge in [-0.2, -0.15) is 0 Å². The number of rotatable bonds is 6. The highest BCUT2D eigenvalue weighted by Gasteiger charge is 2.52. The van der Waals surface area contributed by atoms with Gasteiger partial charge in [0.1, 0.15) is 11.5 Å². The van der Waals surface area contributed by atoms with E-state index < -0.39 is 0 Å². The third-order valence-electron chi connectivity index (χ3n) is 8.49. The number of methoxy groups -OCH3 is 1. The molecule has 1 amide bonds. The van der Waals surface area contributed by atoms with E-state index >= 15 is 0 Å². The molecule has 2 aliphatic rings. The molecule has 5 heteroatoms. The molecule has 0 spiro atoms. The Morgan fingerprint density at radius 1 is 1.11 bits per heavy atom. The van der Waals surface area contributed by atoms with Crippen LogP contribution >= 0.6 is 0 Å². The highest BCUT2D eigenvalue weighted by molar-refractivity contribution is 5.94. The number of esters is 1. The van der Waals surface area contributed by atoms with Crippen molar-refractivity contribution < 1.29 is 19.1 Å². The standard InChI is InChI=1S/C30H39NO4/c1-19(2)24-16-22-10-13-27-29(4,18-31-28(33)21-8-11-23(34-6)12-9-21)14-7-15-30(27,5)25(22)17-26(24)35-20(3)32/h8-9,11-12,16-17,19,27H,7,10,13-15,18H2,1-6H3,(H,31,33)/t27-,29-,30+/m0/s1. The number of benzene rings is 2. The van der Waals surface area contributed by atoms with E-state index in [4.69, 9.17) is 9.47 Å². The van der Waals surface area contributed by atoms with Crippen molar-refractivity contribution in [2.75, 3.05) is 13.7 Å². The Kier molecular flexibility index (Phi) is 6.99. The van der Waals surface area contributed by atoms with Crippen molar-refractivity contribution in [1.82, 2.24) is 5.32 Å². The lowest BCUT2D eigenvalue weighted by molar-refractivity contribution is -0.131. The van der Waals surface area contributed by atoms with Crippen LogP contribution in [0, 0.1) is 11.3 Å². The Morgan fingerprint density at radius 2 is 1.83 bits per heavy atom. The molecule has 2 aliphatic carbocycles. The number of amides is 1. The van der Waals surface area contributed by atoms with Gasteiger partial charge in [0.15, 0.2) is 0 Å². The molecular weight excluding hydrogens is 438 g/mol. The lowest BCUT2D eigenvalue weighted by Crippen LogP contribution is -2.53. The quantitative estimate of drug-likeness (QED) is 0.398. The monoisotopic (exact) mass is 477 g/mol. The van der Waals surface area contributed by atoms with Gasteiger partial charge >= 0.3 is 5.97 Å². The van der Waals surface area contributed by atoms with Crippen molar-refractivity contribution in [3.63, 3.8) is 0 Å². The van der Waals surface area contributed by atoms with Crippen LogP contribution in [0.15, 0.2) is 36.4 Å². The third-order valence-corrected chi connectivity index (χ3v) is 8.49. The number of fused-ring (bicyclic) bond motifs is 3. The van der Waals surface area contributed by atoms with Crippen LogP contribution in [0.4, 0.5) is 0 Å². The number of carbonyl (C=O) groups is 2. The van der Waals surface area contributed by atoms with E-state index in [9.17, 15) is 9.59 Å². The number of hydrogen-bond donors (Lipinski definition) is 1. The number of carbonyl (C=O) groups excluding carboxylic acids is 2. The summed E-state index contributed by atoms with van der Waals surface area (Å²) in [5, 5.41) is 3.23. The molecule has 0 radical (unpaired) electrons. The van der Waals surface area contributed by atoms with E-state index in [0.717, 1.165) is 43.4 Å². The molecule has 0 heterocycles. The summed E-state index contributed by atoms with van der Waals surface area (Å²) in [7, 11) is 1.62. The lowest BCUT2D eigenvalue weighted by atomic mass is 9.49. The Bertz CT molecular complexity index is 1110. The van der Waals surface area contributed by atoms with E-state index in [-0.39, 0.29) is 28.6 Å². The van der Waals surface area contributed by atoms with E-state index in [1.165, 1.54) is 18.1 Å². The minimum atomic E-state index is -0.279. The van der Waals surface area contributed by atoms with Crippen LogP contribution in [0.5, 0.6) is 11.5 Å². The van der Waals surface area contributed by atoms with Crippen LogP contribution in [0.25, 0.3) is 0 Å². The summed E-state index contributed by atoms with van der Waals surface area (Å²) in [5.41, 5.74) is 4.43. The minimum Gasteiger partial charge on any atom is -0.497 e. The topological polar surface area (TPSA) is 64.6 Å². The van der Waals surface area contributed by atoms with Gasteiger partial charge in [-0.25, -0.2) is 0 Å². The van der Waals surface area contributed by atoms with Gasteiger partial charge in [0, 0.05) is 19.0 Å². The fraction of sp³-hybridized carbons (Fsp3) is 0.533. The zero-order valence-electron chi connectivity index (χ0n) is 22.0. The first-order valence-electron chi connectivity index (χ1n) is 12.9. The average molecular weight is 478 g/mol. The molecule has 4 rings (SSSR count). The summed E-state index contributed by atoms with van der Waals surface area (Å²) >= 11 is 0. The molecule has 5 nitrogen and oxygen atoms in total. The summed E-state index contributed by atoms with van der Waals surface area (Å²) in [6.45, 7) is 11.1. The molecule has 0 aromatic heterocycles. The molecule has 2 aromatic rings. The molecule has 2 aromatic carbocycles. The van der Waals surface area contributed by atoms with Crippen molar-refractivity contribution in [3.8, 4) is 11.5 Å². The van der Waals surface area contributed by atoms with E-state index in [1.807, 2.05) is 12.1 Å². The van der Waals surface area contributed by atoms with Crippen molar-refractivity contribution >= 4 is 11.9 Å². The molecule has 0 saturated heterocycles. The smallest absolute Gasteiger partial charge is 0.308 e. The predicted octanol–water partition coefficient (Wildman–Crippen LogP) is 6.18. The summed E-state index contributed by atoms with van der Waals surface area (Å²) in [4.78, 5) is 24.8. The lowest BCUT2D eigenvalue weighted by Gasteiger charge is -2.55. The van der Waals surface area contributed by atoms with Gasteiger partial charge in [-0.3, -0.25) is 9.59 Å². The van der Waals surface area contributed by atoms with Crippen LogP contribution in [0.1, 0.15) is 93.3 Å². The largest absolute Gasteiger partial charge is 0.497 e. The predicted molar refractivity (Wildman–Crippen MR) is 138 cm³/mol. The first-order chi connectivity index (χ1) is 16.6. The van der Waals surface area contributed by atoms with E-state index in [2.05, 4.69) is 45.1 Å². The Morgan fingerprint density at radius 3 is 2.46 bits per heavy atom. The fourth-order valence-corrected chi connectivity index (χ4v) is 6.68. The minimum absolute atomic E-state index is 0.00879. The maximum absolute atomic E-state index is 12.9. The Labute approximate surface area is 209 Å². The molecule has 1 fully saturated rings. The Hall–Kier alpha value is -2.82. The normalized spacial score (nSPS) is 25.4. The second kappa shape index (κ2) is 9.67. The van der Waals surface area contributed by atoms with Gasteiger partial charge in [0.05, 0.1) is 7.11 Å². The van der Waals surface area contributed by atoms with E-state index in [1.54, 1.807) is 19.2 Å². The van der Waals surface area contributed by atoms with Crippen LogP contribution in [-0.4, -0.2) is 25.5 Å². The summed E-state index contributed by atoms with van der Waals surface area (Å²) in [5.74, 6) is 1.84. The van der Waals surface area contributed by atoms with Crippen LogP contribution in [-0.2, 0) is 16.6 Å². The van der Waals surface area contributed by atoms with Gasteiger partial charge in [0.2, 0.25) is 0 Å². The second-order valence-corrected chi connectivity index (χ2v) is 11.2. The highest BCUT2D eigenvalue weighted by Crippen LogP contribution is 2.57. The zero-order chi connectivity index (χ0) is 25.4. The van der Waals surface area contributed by atoms with Crippen molar-refractivity contribution in [1.29, 1.82) is 0 Å². The molecule has 3 atom stereocenters. The van der Waals surface area contributed by atoms with Crippen LogP contribution in [0.2, 0.25) is 0 Å². The summed E-state index contributed by atoms with van der Waals surface area (Å²) in [6, 6.07) is 11.7. The van der Waals surface area contributed by atoms with Crippen molar-refractivity contribution in [2.45, 2.75) is 78.1 Å². The Balaban J connectivity index is 1.60. The number of hydrogen-bond acceptors (Lipinski definition) is 4. The molecule has 35 heavy (non-hydrogen) atoms. The average Bonchev–Trinajstić information content (AvgIpc) is 2.82. The van der Waals surface area contributed by atoms with E-state index in [0.29, 0.717) is 23.8 Å². The van der Waals surface area contributed by atoms with Gasteiger partial charge in [0.25, 0.3) is 5.91 Å². The van der Waals surface area contributed by atoms with Crippen molar-refractivity contribution in [3.05, 3.63) is 58.7 Å². The first kappa shape index (κ1) is 25.3. The molecule has 0 aliphatic heterocycles. The van der Waals surface area contributed by atoms with Crippen LogP contribution < -0.4 is 14.8 Å². The maximum atomic E-state index is 12.9. The number of nitrogens with one attached hydrogen (secondary N) is 1. The van der Waals surface area contributed by atoms with Gasteiger partial charge in [-0.1, -0.05) is 40.2 Å². The maximum Gasteiger partial charge on any atom is 0.308 e. The molecule has 188 valence electrons. The summed E-state index contributed by atoms with van der Waals surface area (Å²) in [6.07, 6.45) is 5.41. The summed E-state index contributed by atoms with van der Waals surface area (Å²) < 4.78 is 10.9. The van der Waals surface area contributed by atoms with Crippen LogP contribution in [0.3, 0.4) is 0 Å². The third kappa shape index (κ3) is 4.82. The van der Waals surface area contributed by atoms with Gasteiger partial charge in [-0.05, 0) is 95.4 Å².